The van der Waals surface area contributed by atoms with Crippen LogP contribution in [0, 0.1) is 0 Å². The Morgan fingerprint density at radius 3 is 2.85 bits per heavy atom. The smallest absolute Gasteiger partial charge is 0.341 e. The van der Waals surface area contributed by atoms with Gasteiger partial charge in [-0.2, -0.15) is 0 Å². The van der Waals surface area contributed by atoms with Gasteiger partial charge in [0, 0.05) is 7.05 Å². The highest BCUT2D eigenvalue weighted by molar-refractivity contribution is 5.83. The monoisotopic (exact) mass is 187 g/mol. The molecule has 0 radical (unpaired) electrons. The molecule has 13 heavy (non-hydrogen) atoms. The van der Waals surface area contributed by atoms with Crippen molar-refractivity contribution in [2.45, 2.75) is 6.42 Å². The standard InChI is InChI=1S/C7H13N3O3/c1-8-6(11)5-9-7(12)10-3-2-4-13-10/h2-5H2,1H3,(H,8,11)(H,9,12). The van der Waals surface area contributed by atoms with Gasteiger partial charge >= 0.3 is 6.03 Å². The van der Waals surface area contributed by atoms with Crippen LogP contribution in [0.15, 0.2) is 0 Å². The summed E-state index contributed by atoms with van der Waals surface area (Å²) >= 11 is 0. The molecule has 0 aliphatic carbocycles. The SMILES string of the molecule is CNC(=O)CNC(=O)N1CCCO1. The van der Waals surface area contributed by atoms with Crippen molar-refractivity contribution in [2.24, 2.45) is 0 Å². The Hall–Kier alpha value is -1.30. The molecule has 0 saturated carbocycles. The van der Waals surface area contributed by atoms with Crippen LogP contribution in [-0.2, 0) is 9.63 Å². The molecular weight excluding hydrogens is 174 g/mol. The highest BCUT2D eigenvalue weighted by Crippen LogP contribution is 2.03. The maximum atomic E-state index is 11.2. The summed E-state index contributed by atoms with van der Waals surface area (Å²) < 4.78 is 0. The zero-order valence-electron chi connectivity index (χ0n) is 7.50. The minimum atomic E-state index is -0.360. The van der Waals surface area contributed by atoms with Crippen molar-refractivity contribution in [3.05, 3.63) is 0 Å². The number of nitrogens with one attached hydrogen (secondary N) is 2. The third-order valence-electron chi connectivity index (χ3n) is 1.66. The number of likely N-dealkylation sites (N-methyl/N-ethyl adjacent to an activating group) is 1. The number of hydroxylamine groups is 2. The third kappa shape index (κ3) is 2.90. The van der Waals surface area contributed by atoms with Gasteiger partial charge in [0.2, 0.25) is 5.91 Å². The van der Waals surface area contributed by atoms with Crippen molar-refractivity contribution in [3.63, 3.8) is 0 Å². The van der Waals surface area contributed by atoms with Crippen LogP contribution in [0.3, 0.4) is 0 Å². The minimum Gasteiger partial charge on any atom is -0.358 e. The van der Waals surface area contributed by atoms with Gasteiger partial charge in [0.25, 0.3) is 0 Å². The second-order valence-electron chi connectivity index (χ2n) is 2.62. The van der Waals surface area contributed by atoms with Gasteiger partial charge in [-0.05, 0) is 6.42 Å². The molecule has 1 aliphatic rings. The molecule has 0 atom stereocenters. The molecule has 0 aromatic heterocycles. The molecule has 0 spiro atoms. The fourth-order valence-corrected chi connectivity index (χ4v) is 0.940. The Morgan fingerprint density at radius 2 is 2.31 bits per heavy atom. The normalized spacial score (nSPS) is 15.6. The number of amides is 3. The largest absolute Gasteiger partial charge is 0.358 e. The van der Waals surface area contributed by atoms with E-state index < -0.39 is 0 Å². The first kappa shape index (κ1) is 9.79. The number of hydrogen-bond acceptors (Lipinski definition) is 3. The summed E-state index contributed by atoms with van der Waals surface area (Å²) in [6.45, 7) is 1.13. The molecule has 1 heterocycles. The highest BCUT2D eigenvalue weighted by Gasteiger charge is 2.18. The molecule has 0 aromatic carbocycles. The van der Waals surface area contributed by atoms with Crippen LogP contribution in [0.4, 0.5) is 4.79 Å². The number of urea groups is 1. The van der Waals surface area contributed by atoms with Gasteiger partial charge in [-0.15, -0.1) is 0 Å². The van der Waals surface area contributed by atoms with Crippen molar-refractivity contribution in [1.82, 2.24) is 15.7 Å². The molecule has 1 fully saturated rings. The van der Waals surface area contributed by atoms with E-state index in [0.29, 0.717) is 13.2 Å². The topological polar surface area (TPSA) is 70.7 Å². The fourth-order valence-electron chi connectivity index (χ4n) is 0.940. The molecule has 0 unspecified atom stereocenters. The van der Waals surface area contributed by atoms with Crippen molar-refractivity contribution in [2.75, 3.05) is 26.7 Å². The van der Waals surface area contributed by atoms with Gasteiger partial charge in [-0.25, -0.2) is 9.86 Å². The predicted molar refractivity (Wildman–Crippen MR) is 44.7 cm³/mol. The number of hydrogen-bond donors (Lipinski definition) is 2. The second kappa shape index (κ2) is 4.66. The molecule has 0 aromatic rings. The van der Waals surface area contributed by atoms with Crippen LogP contribution in [0.2, 0.25) is 0 Å². The molecule has 2 N–H and O–H groups in total. The quantitative estimate of drug-likeness (QED) is 0.587. The molecule has 74 valence electrons. The van der Waals surface area contributed by atoms with Crippen LogP contribution in [0.25, 0.3) is 0 Å². The predicted octanol–water partition coefficient (Wildman–Crippen LogP) is -0.921. The summed E-state index contributed by atoms with van der Waals surface area (Å²) in [6.07, 6.45) is 0.841. The van der Waals surface area contributed by atoms with E-state index in [1.165, 1.54) is 12.1 Å². The van der Waals surface area contributed by atoms with Crippen molar-refractivity contribution >= 4 is 11.9 Å². The maximum absolute atomic E-state index is 11.2. The maximum Gasteiger partial charge on any atom is 0.341 e. The molecule has 6 nitrogen and oxygen atoms in total. The third-order valence-corrected chi connectivity index (χ3v) is 1.66. The van der Waals surface area contributed by atoms with Gasteiger partial charge in [-0.3, -0.25) is 9.63 Å². The van der Waals surface area contributed by atoms with E-state index >= 15 is 0 Å². The summed E-state index contributed by atoms with van der Waals surface area (Å²) in [5, 5.41) is 6.05. The molecule has 1 saturated heterocycles. The Bertz CT molecular complexity index is 201. The summed E-state index contributed by atoms with van der Waals surface area (Å²) in [7, 11) is 1.51. The second-order valence-corrected chi connectivity index (χ2v) is 2.62. The molecule has 1 rings (SSSR count). The summed E-state index contributed by atoms with van der Waals surface area (Å²) in [5.74, 6) is -0.229. The first-order valence-electron chi connectivity index (χ1n) is 4.13. The molecular formula is C7H13N3O3. The fraction of sp³-hybridized carbons (Fsp3) is 0.714. The molecule has 6 heteroatoms. The van der Waals surface area contributed by atoms with Crippen LogP contribution in [0.1, 0.15) is 6.42 Å². The number of nitrogens with zero attached hydrogens (tertiary/aromatic N) is 1. The van der Waals surface area contributed by atoms with Crippen molar-refractivity contribution in [1.29, 1.82) is 0 Å². The van der Waals surface area contributed by atoms with E-state index in [1.807, 2.05) is 0 Å². The highest BCUT2D eigenvalue weighted by atomic mass is 16.7. The van der Waals surface area contributed by atoms with E-state index in [4.69, 9.17) is 4.84 Å². The average Bonchev–Trinajstić information content (AvgIpc) is 2.66. The van der Waals surface area contributed by atoms with Crippen molar-refractivity contribution < 1.29 is 14.4 Å². The summed E-state index contributed by atoms with van der Waals surface area (Å²) in [5.41, 5.74) is 0. The van der Waals surface area contributed by atoms with E-state index in [1.54, 1.807) is 0 Å². The van der Waals surface area contributed by atoms with Crippen molar-refractivity contribution in [3.8, 4) is 0 Å². The van der Waals surface area contributed by atoms with E-state index in [2.05, 4.69) is 10.6 Å². The van der Waals surface area contributed by atoms with Crippen LogP contribution < -0.4 is 10.6 Å². The summed E-state index contributed by atoms with van der Waals surface area (Å²) in [6, 6.07) is -0.360. The number of rotatable bonds is 2. The summed E-state index contributed by atoms with van der Waals surface area (Å²) in [4.78, 5) is 26.9. The lowest BCUT2D eigenvalue weighted by atomic mass is 10.5. The van der Waals surface area contributed by atoms with Crippen LogP contribution in [0.5, 0.6) is 0 Å². The molecule has 3 amide bonds. The van der Waals surface area contributed by atoms with E-state index in [0.717, 1.165) is 6.42 Å². The molecule has 1 aliphatic heterocycles. The lowest BCUT2D eigenvalue weighted by molar-refractivity contribution is -0.119. The first-order valence-corrected chi connectivity index (χ1v) is 4.13. The zero-order chi connectivity index (χ0) is 9.68. The van der Waals surface area contributed by atoms with E-state index in [-0.39, 0.29) is 18.5 Å². The molecule has 0 bridgehead atoms. The Kier molecular flexibility index (Phi) is 3.51. The number of carbonyl (C=O) groups excluding carboxylic acids is 2. The van der Waals surface area contributed by atoms with Gasteiger partial charge < -0.3 is 10.6 Å². The minimum absolute atomic E-state index is 0.0187. The van der Waals surface area contributed by atoms with Gasteiger partial charge in [0.1, 0.15) is 0 Å². The lowest BCUT2D eigenvalue weighted by Crippen LogP contribution is -2.42. The van der Waals surface area contributed by atoms with Crippen LogP contribution >= 0.6 is 0 Å². The van der Waals surface area contributed by atoms with Gasteiger partial charge in [0.05, 0.1) is 19.7 Å². The van der Waals surface area contributed by atoms with Gasteiger partial charge in [0.15, 0.2) is 0 Å². The Morgan fingerprint density at radius 1 is 1.54 bits per heavy atom. The van der Waals surface area contributed by atoms with E-state index in [9.17, 15) is 9.59 Å². The first-order chi connectivity index (χ1) is 6.24. The average molecular weight is 187 g/mol. The van der Waals surface area contributed by atoms with Crippen LogP contribution in [-0.4, -0.2) is 43.7 Å². The van der Waals surface area contributed by atoms with Gasteiger partial charge in [-0.1, -0.05) is 0 Å². The Balaban J connectivity index is 2.20. The zero-order valence-corrected chi connectivity index (χ0v) is 7.50. The number of carbonyl (C=O) groups is 2. The lowest BCUT2D eigenvalue weighted by Gasteiger charge is -2.13. The Labute approximate surface area is 76.2 Å².